The van der Waals surface area contributed by atoms with Crippen molar-refractivity contribution in [1.82, 2.24) is 0 Å². The van der Waals surface area contributed by atoms with Crippen molar-refractivity contribution in [2.45, 2.75) is 0 Å². The molecule has 0 aliphatic carbocycles. The number of rotatable bonds is 5. The van der Waals surface area contributed by atoms with E-state index in [0.29, 0.717) is 0 Å². The summed E-state index contributed by atoms with van der Waals surface area (Å²) in [6.07, 6.45) is 1.87. The summed E-state index contributed by atoms with van der Waals surface area (Å²) in [7, 11) is 0. The van der Waals surface area contributed by atoms with Crippen LogP contribution in [0.15, 0.2) is 96.9 Å². The van der Waals surface area contributed by atoms with E-state index in [9.17, 15) is 0 Å². The molecule has 0 spiro atoms. The molecule has 0 saturated carbocycles. The molecular formula is C26H18S3. The minimum Gasteiger partial charge on any atom is -0.143 e. The molecule has 0 radical (unpaired) electrons. The molecule has 0 unspecified atom stereocenters. The van der Waals surface area contributed by atoms with Crippen LogP contribution in [-0.2, 0) is 0 Å². The molecule has 3 heteroatoms. The molecule has 0 aliphatic heterocycles. The van der Waals surface area contributed by atoms with Crippen LogP contribution in [-0.4, -0.2) is 0 Å². The van der Waals surface area contributed by atoms with Crippen molar-refractivity contribution in [3.63, 3.8) is 0 Å². The molecule has 140 valence electrons. The monoisotopic (exact) mass is 426 g/mol. The third-order valence-corrected chi connectivity index (χ3v) is 8.35. The van der Waals surface area contributed by atoms with E-state index in [1.165, 1.54) is 41.1 Å². The zero-order valence-electron chi connectivity index (χ0n) is 15.7. The second-order valence-electron chi connectivity index (χ2n) is 6.71. The topological polar surface area (TPSA) is 0 Å². The summed E-state index contributed by atoms with van der Waals surface area (Å²) in [4.78, 5) is 6.66. The first-order valence-electron chi connectivity index (χ1n) is 9.37. The van der Waals surface area contributed by atoms with Crippen LogP contribution in [0.4, 0.5) is 0 Å². The first-order chi connectivity index (χ1) is 14.3. The minimum atomic E-state index is 1.15. The molecule has 0 amide bonds. The van der Waals surface area contributed by atoms with Crippen molar-refractivity contribution in [3.8, 4) is 41.1 Å². The Morgan fingerprint density at radius 2 is 1.03 bits per heavy atom. The molecule has 0 N–H and O–H groups in total. The Kier molecular flexibility index (Phi) is 5.03. The van der Waals surface area contributed by atoms with Crippen molar-refractivity contribution in [2.24, 2.45) is 0 Å². The van der Waals surface area contributed by atoms with Gasteiger partial charge in [0.25, 0.3) is 0 Å². The molecule has 0 nitrogen and oxygen atoms in total. The fourth-order valence-electron chi connectivity index (χ4n) is 3.29. The molecule has 0 bridgehead atoms. The Morgan fingerprint density at radius 3 is 1.62 bits per heavy atom. The standard InChI is InChI=1S/C26H18S3/c1-2-18-5-7-19(8-6-18)20-9-11-21(12-10-20)22-13-14-25(28-22)26-16-15-24(29-26)23-4-3-17-27-23/h2-17H,1H2. The third-order valence-electron chi connectivity index (χ3n) is 4.87. The van der Waals surface area contributed by atoms with Gasteiger partial charge < -0.3 is 0 Å². The Bertz CT molecular complexity index is 1230. The quantitative estimate of drug-likeness (QED) is 0.263. The van der Waals surface area contributed by atoms with E-state index in [1.807, 2.05) is 28.7 Å². The molecule has 2 aromatic carbocycles. The van der Waals surface area contributed by atoms with Gasteiger partial charge in [0, 0.05) is 24.4 Å². The van der Waals surface area contributed by atoms with Crippen molar-refractivity contribution >= 4 is 40.1 Å². The zero-order valence-corrected chi connectivity index (χ0v) is 18.1. The van der Waals surface area contributed by atoms with E-state index in [-0.39, 0.29) is 0 Å². The number of thiophene rings is 3. The van der Waals surface area contributed by atoms with E-state index in [4.69, 9.17) is 0 Å². The largest absolute Gasteiger partial charge is 0.143 e. The number of hydrogen-bond acceptors (Lipinski definition) is 3. The van der Waals surface area contributed by atoms with Crippen LogP contribution >= 0.6 is 34.0 Å². The van der Waals surface area contributed by atoms with E-state index in [2.05, 4.69) is 96.9 Å². The van der Waals surface area contributed by atoms with Gasteiger partial charge in [-0.05, 0) is 58.0 Å². The Hall–Kier alpha value is -2.72. The summed E-state index contributed by atoms with van der Waals surface area (Å²) in [5, 5.41) is 2.13. The first kappa shape index (κ1) is 18.3. The summed E-state index contributed by atoms with van der Waals surface area (Å²) in [6, 6.07) is 30.6. The van der Waals surface area contributed by atoms with Gasteiger partial charge in [-0.1, -0.05) is 67.3 Å². The normalized spacial score (nSPS) is 10.9. The van der Waals surface area contributed by atoms with Gasteiger partial charge in [-0.25, -0.2) is 0 Å². The predicted octanol–water partition coefficient (Wildman–Crippen LogP) is 9.18. The fourth-order valence-corrected chi connectivity index (χ4v) is 6.23. The Labute approximate surface area is 183 Å². The van der Waals surface area contributed by atoms with Crippen molar-refractivity contribution in [1.29, 1.82) is 0 Å². The molecular weight excluding hydrogens is 408 g/mol. The summed E-state index contributed by atoms with van der Waals surface area (Å²) in [6.45, 7) is 3.82. The lowest BCUT2D eigenvalue weighted by atomic mass is 10.0. The summed E-state index contributed by atoms with van der Waals surface area (Å²) in [5.41, 5.74) is 4.88. The van der Waals surface area contributed by atoms with Crippen LogP contribution in [0.25, 0.3) is 47.2 Å². The van der Waals surface area contributed by atoms with Gasteiger partial charge in [-0.3, -0.25) is 0 Å². The van der Waals surface area contributed by atoms with Gasteiger partial charge in [0.05, 0.1) is 0 Å². The van der Waals surface area contributed by atoms with Crippen molar-refractivity contribution < 1.29 is 0 Å². The van der Waals surface area contributed by atoms with Gasteiger partial charge >= 0.3 is 0 Å². The highest BCUT2D eigenvalue weighted by Crippen LogP contribution is 2.41. The van der Waals surface area contributed by atoms with Gasteiger partial charge in [0.2, 0.25) is 0 Å². The summed E-state index contributed by atoms with van der Waals surface area (Å²) in [5.74, 6) is 0. The molecule has 3 aromatic heterocycles. The Balaban J connectivity index is 1.38. The van der Waals surface area contributed by atoms with Gasteiger partial charge in [-0.15, -0.1) is 34.0 Å². The summed E-state index contributed by atoms with van der Waals surface area (Å²) >= 11 is 5.52. The third kappa shape index (κ3) is 3.77. The van der Waals surface area contributed by atoms with Gasteiger partial charge in [0.1, 0.15) is 0 Å². The van der Waals surface area contributed by atoms with Crippen LogP contribution in [0, 0.1) is 0 Å². The molecule has 0 saturated heterocycles. The van der Waals surface area contributed by atoms with Crippen LogP contribution < -0.4 is 0 Å². The maximum atomic E-state index is 3.82. The fraction of sp³-hybridized carbons (Fsp3) is 0. The lowest BCUT2D eigenvalue weighted by Gasteiger charge is -2.04. The highest BCUT2D eigenvalue weighted by molar-refractivity contribution is 7.27. The van der Waals surface area contributed by atoms with Gasteiger partial charge in [-0.2, -0.15) is 0 Å². The Morgan fingerprint density at radius 1 is 0.517 bits per heavy atom. The molecule has 29 heavy (non-hydrogen) atoms. The second-order valence-corrected chi connectivity index (χ2v) is 9.82. The maximum Gasteiger partial charge on any atom is 0.0449 e. The maximum absolute atomic E-state index is 3.82. The lowest BCUT2D eigenvalue weighted by molar-refractivity contribution is 1.60. The number of benzene rings is 2. The minimum absolute atomic E-state index is 1.15. The highest BCUT2D eigenvalue weighted by atomic mass is 32.1. The van der Waals surface area contributed by atoms with Crippen LogP contribution in [0.2, 0.25) is 0 Å². The zero-order chi connectivity index (χ0) is 19.6. The number of hydrogen-bond donors (Lipinski definition) is 0. The molecule has 5 aromatic rings. The van der Waals surface area contributed by atoms with Gasteiger partial charge in [0.15, 0.2) is 0 Å². The molecule has 0 atom stereocenters. The summed E-state index contributed by atoms with van der Waals surface area (Å²) < 4.78 is 0. The van der Waals surface area contributed by atoms with E-state index >= 15 is 0 Å². The van der Waals surface area contributed by atoms with E-state index in [0.717, 1.165) is 5.56 Å². The smallest absolute Gasteiger partial charge is 0.0449 e. The average Bonchev–Trinajstić information content (AvgIpc) is 3.55. The van der Waals surface area contributed by atoms with E-state index in [1.54, 1.807) is 11.3 Å². The predicted molar refractivity (Wildman–Crippen MR) is 132 cm³/mol. The molecule has 0 fully saturated rings. The van der Waals surface area contributed by atoms with Crippen LogP contribution in [0.5, 0.6) is 0 Å². The molecule has 3 heterocycles. The van der Waals surface area contributed by atoms with E-state index < -0.39 is 0 Å². The molecule has 5 rings (SSSR count). The highest BCUT2D eigenvalue weighted by Gasteiger charge is 2.09. The van der Waals surface area contributed by atoms with Crippen molar-refractivity contribution in [3.05, 3.63) is 102 Å². The molecule has 0 aliphatic rings. The average molecular weight is 427 g/mol. The van der Waals surface area contributed by atoms with Crippen LogP contribution in [0.1, 0.15) is 5.56 Å². The second kappa shape index (κ2) is 7.96. The van der Waals surface area contributed by atoms with Crippen molar-refractivity contribution in [2.75, 3.05) is 0 Å². The first-order valence-corrected chi connectivity index (χ1v) is 11.9. The lowest BCUT2D eigenvalue weighted by Crippen LogP contribution is -1.79. The SMILES string of the molecule is C=Cc1ccc(-c2ccc(-c3ccc(-c4ccc(-c5cccs5)s4)s3)cc2)cc1. The van der Waals surface area contributed by atoms with Crippen LogP contribution in [0.3, 0.4) is 0 Å².